The van der Waals surface area contributed by atoms with Crippen molar-refractivity contribution >= 4 is 16.8 Å². The highest BCUT2D eigenvalue weighted by molar-refractivity contribution is 5.91. The van der Waals surface area contributed by atoms with Crippen LogP contribution in [0.25, 0.3) is 10.9 Å². The molecule has 0 radical (unpaired) electrons. The molecule has 0 fully saturated rings. The number of hydrogen-bond acceptors (Lipinski definition) is 4. The molecular weight excluding hydrogens is 371 g/mol. The van der Waals surface area contributed by atoms with Gasteiger partial charge in [0.25, 0.3) is 5.91 Å². The number of H-pyrrole nitrogens is 1. The average molecular weight is 392 g/mol. The van der Waals surface area contributed by atoms with Crippen LogP contribution in [0.1, 0.15) is 33.5 Å². The van der Waals surface area contributed by atoms with Gasteiger partial charge < -0.3 is 20.5 Å². The smallest absolute Gasteiger partial charge is 0.273 e. The largest absolute Gasteiger partial charge is 0.446 e. The highest BCUT2D eigenvalue weighted by Gasteiger charge is 2.18. The van der Waals surface area contributed by atoms with Crippen LogP contribution in [0.4, 0.5) is 4.39 Å². The lowest BCUT2D eigenvalue weighted by molar-refractivity contribution is 0.0949. The van der Waals surface area contributed by atoms with Crippen LogP contribution in [0.5, 0.6) is 0 Å². The van der Waals surface area contributed by atoms with Crippen molar-refractivity contribution in [3.8, 4) is 0 Å². The number of para-hydroxylation sites is 1. The van der Waals surface area contributed by atoms with Crippen molar-refractivity contribution in [3.63, 3.8) is 0 Å². The Bertz CT molecular complexity index is 1130. The molecule has 2 heterocycles. The quantitative estimate of drug-likeness (QED) is 0.448. The van der Waals surface area contributed by atoms with Crippen molar-refractivity contribution in [2.24, 2.45) is 5.73 Å². The Morgan fingerprint density at radius 3 is 2.83 bits per heavy atom. The molecule has 4 rings (SSSR count). The summed E-state index contributed by atoms with van der Waals surface area (Å²) in [5.41, 5.74) is 9.04. The second-order valence-corrected chi connectivity index (χ2v) is 6.84. The summed E-state index contributed by atoms with van der Waals surface area (Å²) in [7, 11) is 0. The first-order chi connectivity index (χ1) is 14.1. The minimum absolute atomic E-state index is 0.155. The summed E-state index contributed by atoms with van der Waals surface area (Å²) in [5, 5.41) is 3.82. The first kappa shape index (κ1) is 18.9. The minimum Gasteiger partial charge on any atom is -0.446 e. The third-order valence-electron chi connectivity index (χ3n) is 4.82. The molecule has 0 aliphatic rings. The Hall–Kier alpha value is -3.45. The minimum atomic E-state index is -0.478. The normalized spacial score (nSPS) is 12.2. The van der Waals surface area contributed by atoms with Gasteiger partial charge >= 0.3 is 0 Å². The van der Waals surface area contributed by atoms with E-state index in [9.17, 15) is 9.18 Å². The molecule has 29 heavy (non-hydrogen) atoms. The molecule has 0 saturated carbocycles. The van der Waals surface area contributed by atoms with E-state index in [0.29, 0.717) is 30.8 Å². The SMILES string of the molecule is NC(Cc1c[nH]c2ccccc12)c1nc(C(=O)NCCc2ccccc2F)co1. The number of nitrogens with zero attached hydrogens (tertiary/aromatic N) is 1. The summed E-state index contributed by atoms with van der Waals surface area (Å²) in [4.78, 5) is 19.7. The zero-order valence-corrected chi connectivity index (χ0v) is 15.7. The van der Waals surface area contributed by atoms with Gasteiger partial charge in [-0.25, -0.2) is 9.37 Å². The number of carbonyl (C=O) groups excluding carboxylic acids is 1. The highest BCUT2D eigenvalue weighted by atomic mass is 19.1. The number of aromatic amines is 1. The predicted molar refractivity (Wildman–Crippen MR) is 108 cm³/mol. The predicted octanol–water partition coefficient (Wildman–Crippen LogP) is 3.51. The van der Waals surface area contributed by atoms with Crippen LogP contribution < -0.4 is 11.1 Å². The van der Waals surface area contributed by atoms with Gasteiger partial charge in [0.05, 0.1) is 6.04 Å². The van der Waals surface area contributed by atoms with Gasteiger partial charge in [-0.2, -0.15) is 0 Å². The zero-order chi connectivity index (χ0) is 20.2. The van der Waals surface area contributed by atoms with E-state index in [-0.39, 0.29) is 17.4 Å². The van der Waals surface area contributed by atoms with Crippen LogP contribution in [0.3, 0.4) is 0 Å². The van der Waals surface area contributed by atoms with Gasteiger partial charge in [0.2, 0.25) is 5.89 Å². The Morgan fingerprint density at radius 1 is 1.17 bits per heavy atom. The number of fused-ring (bicyclic) bond motifs is 1. The van der Waals surface area contributed by atoms with Gasteiger partial charge in [-0.05, 0) is 36.1 Å². The highest BCUT2D eigenvalue weighted by Crippen LogP contribution is 2.23. The molecule has 1 amide bonds. The Kier molecular flexibility index (Phi) is 5.39. The van der Waals surface area contributed by atoms with Gasteiger partial charge in [-0.15, -0.1) is 0 Å². The van der Waals surface area contributed by atoms with E-state index in [0.717, 1.165) is 16.5 Å². The molecule has 0 saturated heterocycles. The van der Waals surface area contributed by atoms with Crippen LogP contribution in [0, 0.1) is 5.82 Å². The number of benzene rings is 2. The van der Waals surface area contributed by atoms with Crippen molar-refractivity contribution in [1.29, 1.82) is 0 Å². The number of rotatable bonds is 7. The molecule has 1 atom stereocenters. The van der Waals surface area contributed by atoms with Gasteiger partial charge in [0.15, 0.2) is 5.69 Å². The number of nitrogens with one attached hydrogen (secondary N) is 2. The number of amides is 1. The maximum atomic E-state index is 13.6. The molecule has 4 aromatic rings. The first-order valence-electron chi connectivity index (χ1n) is 9.39. The zero-order valence-electron chi connectivity index (χ0n) is 15.7. The monoisotopic (exact) mass is 392 g/mol. The molecule has 1 unspecified atom stereocenters. The van der Waals surface area contributed by atoms with Crippen LogP contribution in [0.15, 0.2) is 65.4 Å². The van der Waals surface area contributed by atoms with E-state index in [4.69, 9.17) is 10.2 Å². The molecule has 0 aliphatic heterocycles. The van der Waals surface area contributed by atoms with E-state index in [1.165, 1.54) is 12.3 Å². The number of carbonyl (C=O) groups is 1. The molecule has 0 aliphatic carbocycles. The molecule has 0 bridgehead atoms. The summed E-state index contributed by atoms with van der Waals surface area (Å²) < 4.78 is 19.1. The lowest BCUT2D eigenvalue weighted by Crippen LogP contribution is -2.26. The van der Waals surface area contributed by atoms with Gasteiger partial charge in [-0.1, -0.05) is 36.4 Å². The van der Waals surface area contributed by atoms with Crippen LogP contribution in [-0.4, -0.2) is 22.4 Å². The lowest BCUT2D eigenvalue weighted by atomic mass is 10.1. The number of aromatic nitrogens is 2. The number of oxazole rings is 1. The molecule has 2 aromatic carbocycles. The topological polar surface area (TPSA) is 96.9 Å². The van der Waals surface area contributed by atoms with Crippen molar-refractivity contribution in [2.45, 2.75) is 18.9 Å². The van der Waals surface area contributed by atoms with E-state index in [1.54, 1.807) is 18.2 Å². The second kappa shape index (κ2) is 8.28. The fourth-order valence-corrected chi connectivity index (χ4v) is 3.29. The maximum Gasteiger partial charge on any atom is 0.273 e. The summed E-state index contributed by atoms with van der Waals surface area (Å²) in [6.45, 7) is 0.295. The standard InChI is InChI=1S/C22H21FN4O2/c23-17-7-3-1-5-14(17)9-10-25-21(28)20-13-29-22(27-20)18(24)11-15-12-26-19-8-4-2-6-16(15)19/h1-8,12-13,18,26H,9-11,24H2,(H,25,28). The van der Waals surface area contributed by atoms with Gasteiger partial charge in [0, 0.05) is 23.6 Å². The van der Waals surface area contributed by atoms with Crippen molar-refractivity contribution in [1.82, 2.24) is 15.3 Å². The summed E-state index contributed by atoms with van der Waals surface area (Å²) in [6, 6.07) is 14.0. The lowest BCUT2D eigenvalue weighted by Gasteiger charge is -2.06. The molecule has 0 spiro atoms. The van der Waals surface area contributed by atoms with Crippen molar-refractivity contribution in [3.05, 3.63) is 89.5 Å². The van der Waals surface area contributed by atoms with Crippen LogP contribution in [-0.2, 0) is 12.8 Å². The Balaban J connectivity index is 1.36. The van der Waals surface area contributed by atoms with Crippen LogP contribution >= 0.6 is 0 Å². The van der Waals surface area contributed by atoms with E-state index in [2.05, 4.69) is 15.3 Å². The molecule has 2 aromatic heterocycles. The summed E-state index contributed by atoms with van der Waals surface area (Å²) in [6.07, 6.45) is 4.13. The van der Waals surface area contributed by atoms with Gasteiger partial charge in [0.1, 0.15) is 12.1 Å². The van der Waals surface area contributed by atoms with Crippen molar-refractivity contribution in [2.75, 3.05) is 6.54 Å². The fourth-order valence-electron chi connectivity index (χ4n) is 3.29. The number of nitrogens with two attached hydrogens (primary N) is 1. The summed E-state index contributed by atoms with van der Waals surface area (Å²) in [5.74, 6) is -0.362. The van der Waals surface area contributed by atoms with Crippen LogP contribution in [0.2, 0.25) is 0 Å². The first-order valence-corrected chi connectivity index (χ1v) is 9.39. The number of hydrogen-bond donors (Lipinski definition) is 3. The van der Waals surface area contributed by atoms with Gasteiger partial charge in [-0.3, -0.25) is 4.79 Å². The third kappa shape index (κ3) is 4.20. The third-order valence-corrected chi connectivity index (χ3v) is 4.82. The molecule has 148 valence electrons. The van der Waals surface area contributed by atoms with E-state index < -0.39 is 6.04 Å². The van der Waals surface area contributed by atoms with Crippen molar-refractivity contribution < 1.29 is 13.6 Å². The number of halogens is 1. The second-order valence-electron chi connectivity index (χ2n) is 6.84. The Labute approximate surface area is 166 Å². The molecule has 7 heteroatoms. The molecular formula is C22H21FN4O2. The maximum absolute atomic E-state index is 13.6. The molecule has 4 N–H and O–H groups in total. The van der Waals surface area contributed by atoms with E-state index in [1.807, 2.05) is 30.5 Å². The Morgan fingerprint density at radius 2 is 1.97 bits per heavy atom. The molecule has 6 nitrogen and oxygen atoms in total. The van der Waals surface area contributed by atoms with E-state index >= 15 is 0 Å². The summed E-state index contributed by atoms with van der Waals surface area (Å²) >= 11 is 0. The fraction of sp³-hybridized carbons (Fsp3) is 0.182. The average Bonchev–Trinajstić information content (AvgIpc) is 3.37.